The lowest BCUT2D eigenvalue weighted by atomic mass is 10.1. The van der Waals surface area contributed by atoms with E-state index in [1.54, 1.807) is 23.6 Å². The summed E-state index contributed by atoms with van der Waals surface area (Å²) in [5.41, 5.74) is 3.42. The second-order valence-corrected chi connectivity index (χ2v) is 5.07. The fraction of sp³-hybridized carbons (Fsp3) is 0.417. The molecule has 5 nitrogen and oxygen atoms in total. The highest BCUT2D eigenvalue weighted by Crippen LogP contribution is 2.21. The fourth-order valence-electron chi connectivity index (χ4n) is 1.68. The van der Waals surface area contributed by atoms with E-state index in [0.29, 0.717) is 6.61 Å². The molecule has 0 bridgehead atoms. The number of hydrogen-bond acceptors (Lipinski definition) is 5. The van der Waals surface area contributed by atoms with Crippen LogP contribution in [0.1, 0.15) is 11.1 Å². The summed E-state index contributed by atoms with van der Waals surface area (Å²) in [7, 11) is 1.69. The van der Waals surface area contributed by atoms with Crippen molar-refractivity contribution in [3.8, 4) is 5.69 Å². The Balaban J connectivity index is 2.25. The molecule has 0 aliphatic heterocycles. The van der Waals surface area contributed by atoms with Gasteiger partial charge in [-0.15, -0.1) is 5.10 Å². The van der Waals surface area contributed by atoms with E-state index < -0.39 is 0 Å². The van der Waals surface area contributed by atoms with E-state index in [2.05, 4.69) is 41.5 Å². The maximum atomic E-state index is 5.03. The Morgan fingerprint density at radius 3 is 2.89 bits per heavy atom. The molecule has 1 aromatic heterocycles. The number of aryl methyl sites for hydroxylation is 2. The van der Waals surface area contributed by atoms with Gasteiger partial charge in [0.15, 0.2) is 0 Å². The highest BCUT2D eigenvalue weighted by atomic mass is 32.2. The van der Waals surface area contributed by atoms with Crippen molar-refractivity contribution in [3.63, 3.8) is 0 Å². The van der Waals surface area contributed by atoms with E-state index in [4.69, 9.17) is 4.74 Å². The smallest absolute Gasteiger partial charge is 0.214 e. The summed E-state index contributed by atoms with van der Waals surface area (Å²) >= 11 is 1.59. The molecule has 0 fully saturated rings. The number of thioether (sulfide) groups is 1. The summed E-state index contributed by atoms with van der Waals surface area (Å²) in [4.78, 5) is 0. The number of aromatic nitrogens is 4. The molecule has 0 N–H and O–H groups in total. The standard InChI is InChI=1S/C12H16N4OS/c1-9-4-5-11(10(2)8-9)16-12(13-14-15-16)18-7-6-17-3/h4-5,8H,6-7H2,1-3H3. The number of hydrogen-bond donors (Lipinski definition) is 0. The summed E-state index contributed by atoms with van der Waals surface area (Å²) < 4.78 is 6.80. The van der Waals surface area contributed by atoms with Crippen molar-refractivity contribution >= 4 is 11.8 Å². The van der Waals surface area contributed by atoms with Gasteiger partial charge in [0.2, 0.25) is 5.16 Å². The van der Waals surface area contributed by atoms with Crippen LogP contribution in [0.5, 0.6) is 0 Å². The molecule has 0 unspecified atom stereocenters. The van der Waals surface area contributed by atoms with Gasteiger partial charge in [0.1, 0.15) is 0 Å². The van der Waals surface area contributed by atoms with Gasteiger partial charge in [0.25, 0.3) is 0 Å². The summed E-state index contributed by atoms with van der Waals surface area (Å²) in [6.45, 7) is 4.82. The maximum absolute atomic E-state index is 5.03. The Labute approximate surface area is 111 Å². The van der Waals surface area contributed by atoms with E-state index in [1.807, 2.05) is 6.07 Å². The van der Waals surface area contributed by atoms with E-state index in [0.717, 1.165) is 22.2 Å². The third-order valence-corrected chi connectivity index (χ3v) is 3.42. The predicted molar refractivity (Wildman–Crippen MR) is 71.2 cm³/mol. The van der Waals surface area contributed by atoms with Crippen LogP contribution in [-0.4, -0.2) is 39.7 Å². The van der Waals surface area contributed by atoms with Crippen molar-refractivity contribution in [2.75, 3.05) is 19.5 Å². The molecule has 1 heterocycles. The Morgan fingerprint density at radius 2 is 2.17 bits per heavy atom. The number of nitrogens with zero attached hydrogens (tertiary/aromatic N) is 4. The highest BCUT2D eigenvalue weighted by Gasteiger charge is 2.10. The molecule has 0 radical (unpaired) electrons. The molecule has 0 atom stereocenters. The van der Waals surface area contributed by atoms with E-state index >= 15 is 0 Å². The van der Waals surface area contributed by atoms with Crippen LogP contribution in [-0.2, 0) is 4.74 Å². The largest absolute Gasteiger partial charge is 0.384 e. The molecule has 18 heavy (non-hydrogen) atoms. The Hall–Kier alpha value is -1.40. The molecule has 2 rings (SSSR count). The van der Waals surface area contributed by atoms with Crippen LogP contribution >= 0.6 is 11.8 Å². The first-order chi connectivity index (χ1) is 8.72. The first kappa shape index (κ1) is 13.0. The van der Waals surface area contributed by atoms with Crippen molar-refractivity contribution in [3.05, 3.63) is 29.3 Å². The Bertz CT molecular complexity index is 527. The van der Waals surface area contributed by atoms with Gasteiger partial charge in [-0.3, -0.25) is 0 Å². The lowest BCUT2D eigenvalue weighted by Crippen LogP contribution is -2.03. The molecule has 0 saturated heterocycles. The number of ether oxygens (including phenoxy) is 1. The number of methoxy groups -OCH3 is 1. The van der Waals surface area contributed by atoms with Crippen LogP contribution in [0.3, 0.4) is 0 Å². The highest BCUT2D eigenvalue weighted by molar-refractivity contribution is 7.99. The second-order valence-electron chi connectivity index (χ2n) is 4.00. The fourth-order valence-corrected chi connectivity index (χ4v) is 2.46. The van der Waals surface area contributed by atoms with Crippen LogP contribution in [0, 0.1) is 13.8 Å². The number of tetrazole rings is 1. The molecule has 6 heteroatoms. The SMILES string of the molecule is COCCSc1nnnn1-c1ccc(C)cc1C. The van der Waals surface area contributed by atoms with Gasteiger partial charge in [-0.1, -0.05) is 29.5 Å². The van der Waals surface area contributed by atoms with Crippen molar-refractivity contribution in [2.24, 2.45) is 0 Å². The normalized spacial score (nSPS) is 10.8. The van der Waals surface area contributed by atoms with E-state index in [1.165, 1.54) is 5.56 Å². The molecule has 0 saturated carbocycles. The minimum Gasteiger partial charge on any atom is -0.384 e. The molecule has 0 aliphatic rings. The molecule has 96 valence electrons. The van der Waals surface area contributed by atoms with Crippen LogP contribution in [0.4, 0.5) is 0 Å². The molecule has 0 aliphatic carbocycles. The van der Waals surface area contributed by atoms with Crippen molar-refractivity contribution in [1.29, 1.82) is 0 Å². The maximum Gasteiger partial charge on any atom is 0.214 e. The van der Waals surface area contributed by atoms with Gasteiger partial charge < -0.3 is 4.74 Å². The summed E-state index contributed by atoms with van der Waals surface area (Å²) in [5, 5.41) is 12.6. The van der Waals surface area contributed by atoms with Gasteiger partial charge in [-0.05, 0) is 35.9 Å². The zero-order chi connectivity index (χ0) is 13.0. The molecule has 2 aromatic rings. The van der Waals surface area contributed by atoms with Gasteiger partial charge in [-0.25, -0.2) is 0 Å². The van der Waals surface area contributed by atoms with E-state index in [9.17, 15) is 0 Å². The van der Waals surface area contributed by atoms with Gasteiger partial charge in [0, 0.05) is 12.9 Å². The average molecular weight is 264 g/mol. The van der Waals surface area contributed by atoms with Crippen molar-refractivity contribution in [1.82, 2.24) is 20.2 Å². The lowest BCUT2D eigenvalue weighted by molar-refractivity contribution is 0.218. The number of benzene rings is 1. The van der Waals surface area contributed by atoms with Gasteiger partial charge in [0.05, 0.1) is 12.3 Å². The minimum absolute atomic E-state index is 0.685. The first-order valence-corrected chi connectivity index (χ1v) is 6.68. The third-order valence-electron chi connectivity index (χ3n) is 2.54. The quantitative estimate of drug-likeness (QED) is 0.611. The predicted octanol–water partition coefficient (Wildman–Crippen LogP) is 2.02. The summed E-state index contributed by atoms with van der Waals surface area (Å²) in [6.07, 6.45) is 0. The summed E-state index contributed by atoms with van der Waals surface area (Å²) in [5.74, 6) is 0.835. The molecule has 0 amide bonds. The molecular weight excluding hydrogens is 248 g/mol. The topological polar surface area (TPSA) is 52.8 Å². The molecular formula is C12H16N4OS. The van der Waals surface area contributed by atoms with Crippen LogP contribution in [0.25, 0.3) is 5.69 Å². The van der Waals surface area contributed by atoms with Crippen molar-refractivity contribution in [2.45, 2.75) is 19.0 Å². The summed E-state index contributed by atoms with van der Waals surface area (Å²) in [6, 6.07) is 6.23. The molecule has 0 spiro atoms. The minimum atomic E-state index is 0.685. The Morgan fingerprint density at radius 1 is 1.33 bits per heavy atom. The second kappa shape index (κ2) is 5.97. The van der Waals surface area contributed by atoms with Crippen LogP contribution in [0.2, 0.25) is 0 Å². The first-order valence-electron chi connectivity index (χ1n) is 5.70. The Kier molecular flexibility index (Phi) is 4.33. The monoisotopic (exact) mass is 264 g/mol. The van der Waals surface area contributed by atoms with E-state index in [-0.39, 0.29) is 0 Å². The lowest BCUT2D eigenvalue weighted by Gasteiger charge is -2.08. The zero-order valence-electron chi connectivity index (χ0n) is 10.8. The zero-order valence-corrected chi connectivity index (χ0v) is 11.6. The molecule has 1 aromatic carbocycles. The average Bonchev–Trinajstić information content (AvgIpc) is 2.78. The number of rotatable bonds is 5. The van der Waals surface area contributed by atoms with Gasteiger partial charge >= 0.3 is 0 Å². The van der Waals surface area contributed by atoms with Crippen molar-refractivity contribution < 1.29 is 4.74 Å². The van der Waals surface area contributed by atoms with Crippen LogP contribution < -0.4 is 0 Å². The van der Waals surface area contributed by atoms with Gasteiger partial charge in [-0.2, -0.15) is 4.68 Å². The van der Waals surface area contributed by atoms with Crippen LogP contribution in [0.15, 0.2) is 23.4 Å². The third kappa shape index (κ3) is 2.88.